The highest BCUT2D eigenvalue weighted by atomic mass is 32.2. The molecule has 110 valence electrons. The topological polar surface area (TPSA) is 59.8 Å². The van der Waals surface area contributed by atoms with Crippen LogP contribution in [0.3, 0.4) is 0 Å². The van der Waals surface area contributed by atoms with Crippen molar-refractivity contribution in [2.24, 2.45) is 0 Å². The predicted octanol–water partition coefficient (Wildman–Crippen LogP) is 1.58. The minimum absolute atomic E-state index is 0.0973. The zero-order valence-corrected chi connectivity index (χ0v) is 12.6. The van der Waals surface area contributed by atoms with Crippen molar-refractivity contribution in [1.29, 1.82) is 0 Å². The fourth-order valence-electron chi connectivity index (χ4n) is 2.31. The smallest absolute Gasteiger partial charge is 0.230 e. The Bertz CT molecular complexity index is 458. The van der Waals surface area contributed by atoms with Crippen LogP contribution in [0.25, 0.3) is 0 Å². The summed E-state index contributed by atoms with van der Waals surface area (Å²) in [6, 6.07) is 0. The van der Waals surface area contributed by atoms with Crippen LogP contribution in [0, 0.1) is 0 Å². The lowest BCUT2D eigenvalue weighted by atomic mass is 10.1. The molecule has 0 bridgehead atoms. The molecule has 1 amide bonds. The number of carbonyl (C=O) groups is 1. The molecule has 2 heterocycles. The van der Waals surface area contributed by atoms with Gasteiger partial charge in [-0.05, 0) is 19.3 Å². The third-order valence-electron chi connectivity index (χ3n) is 3.30. The molecule has 0 radical (unpaired) electrons. The zero-order valence-electron chi connectivity index (χ0n) is 11.8. The molecular formula is C14H22N4OS. The van der Waals surface area contributed by atoms with Crippen LogP contribution in [-0.2, 0) is 24.2 Å². The van der Waals surface area contributed by atoms with Gasteiger partial charge >= 0.3 is 0 Å². The Morgan fingerprint density at radius 3 is 3.20 bits per heavy atom. The molecule has 0 spiro atoms. The number of nitrogens with one attached hydrogen (secondary N) is 1. The van der Waals surface area contributed by atoms with Gasteiger partial charge in [0.1, 0.15) is 11.6 Å². The summed E-state index contributed by atoms with van der Waals surface area (Å²) in [5.74, 6) is 3.61. The number of thioether (sulfide) groups is 1. The molecule has 1 aliphatic heterocycles. The van der Waals surface area contributed by atoms with Crippen LogP contribution in [0.15, 0.2) is 12.7 Å². The quantitative estimate of drug-likeness (QED) is 0.584. The van der Waals surface area contributed by atoms with Gasteiger partial charge in [0.2, 0.25) is 5.91 Å². The molecule has 0 aromatic carbocycles. The van der Waals surface area contributed by atoms with Crippen LogP contribution in [0.4, 0.5) is 0 Å². The number of aromatic nitrogens is 3. The monoisotopic (exact) mass is 294 g/mol. The van der Waals surface area contributed by atoms with Crippen LogP contribution in [0.1, 0.15) is 30.9 Å². The molecule has 2 rings (SSSR count). The second kappa shape index (κ2) is 8.09. The number of nitrogens with zero attached hydrogens (tertiary/aromatic N) is 3. The molecule has 0 atom stereocenters. The number of hydrogen-bond donors (Lipinski definition) is 1. The maximum absolute atomic E-state index is 11.5. The minimum atomic E-state index is 0.0973. The summed E-state index contributed by atoms with van der Waals surface area (Å²) in [7, 11) is 0. The zero-order chi connectivity index (χ0) is 14.2. The van der Waals surface area contributed by atoms with Gasteiger partial charge in [0.25, 0.3) is 0 Å². The standard InChI is InChI=1S/C14H22N4OS/c1-2-10-20-11-14(19)15-8-5-7-13-17-16-12-6-3-4-9-18(12)13/h2H,1,3-11H2,(H,15,19). The highest BCUT2D eigenvalue weighted by molar-refractivity contribution is 8.00. The molecule has 0 unspecified atom stereocenters. The van der Waals surface area contributed by atoms with Crippen molar-refractivity contribution in [3.05, 3.63) is 24.3 Å². The van der Waals surface area contributed by atoms with Crippen molar-refractivity contribution in [1.82, 2.24) is 20.1 Å². The van der Waals surface area contributed by atoms with E-state index in [2.05, 4.69) is 26.7 Å². The van der Waals surface area contributed by atoms with E-state index in [4.69, 9.17) is 0 Å². The van der Waals surface area contributed by atoms with E-state index >= 15 is 0 Å². The second-order valence-electron chi connectivity index (χ2n) is 4.90. The molecular weight excluding hydrogens is 272 g/mol. The maximum Gasteiger partial charge on any atom is 0.230 e. The lowest BCUT2D eigenvalue weighted by molar-refractivity contribution is -0.118. The first-order valence-corrected chi connectivity index (χ1v) is 8.33. The Morgan fingerprint density at radius 1 is 1.45 bits per heavy atom. The average molecular weight is 294 g/mol. The van der Waals surface area contributed by atoms with E-state index in [1.165, 1.54) is 12.8 Å². The van der Waals surface area contributed by atoms with Crippen LogP contribution in [0.5, 0.6) is 0 Å². The van der Waals surface area contributed by atoms with Crippen molar-refractivity contribution in [2.75, 3.05) is 18.1 Å². The van der Waals surface area contributed by atoms with Crippen molar-refractivity contribution in [3.63, 3.8) is 0 Å². The van der Waals surface area contributed by atoms with Gasteiger partial charge in [-0.25, -0.2) is 0 Å². The first kappa shape index (κ1) is 15.1. The SMILES string of the molecule is C=CCSCC(=O)NCCCc1nnc2n1CCCC2. The van der Waals surface area contributed by atoms with Gasteiger partial charge in [-0.3, -0.25) is 4.79 Å². The molecule has 0 aliphatic carbocycles. The lowest BCUT2D eigenvalue weighted by Crippen LogP contribution is -2.26. The molecule has 1 aliphatic rings. The third-order valence-corrected chi connectivity index (χ3v) is 4.24. The van der Waals surface area contributed by atoms with Crippen molar-refractivity contribution in [3.8, 4) is 0 Å². The molecule has 6 heteroatoms. The van der Waals surface area contributed by atoms with Gasteiger partial charge in [0, 0.05) is 31.7 Å². The van der Waals surface area contributed by atoms with Crippen molar-refractivity contribution >= 4 is 17.7 Å². The highest BCUT2D eigenvalue weighted by Gasteiger charge is 2.15. The van der Waals surface area contributed by atoms with E-state index < -0.39 is 0 Å². The van der Waals surface area contributed by atoms with Gasteiger partial charge in [0.05, 0.1) is 5.75 Å². The average Bonchev–Trinajstić information content (AvgIpc) is 2.87. The number of carbonyl (C=O) groups excluding carboxylic acids is 1. The number of rotatable bonds is 8. The maximum atomic E-state index is 11.5. The predicted molar refractivity (Wildman–Crippen MR) is 81.8 cm³/mol. The lowest BCUT2D eigenvalue weighted by Gasteiger charge is -2.14. The van der Waals surface area contributed by atoms with Gasteiger partial charge < -0.3 is 9.88 Å². The summed E-state index contributed by atoms with van der Waals surface area (Å²) < 4.78 is 2.24. The van der Waals surface area contributed by atoms with Crippen LogP contribution in [0.2, 0.25) is 0 Å². The first-order valence-electron chi connectivity index (χ1n) is 7.17. The summed E-state index contributed by atoms with van der Waals surface area (Å²) in [5, 5.41) is 11.4. The van der Waals surface area contributed by atoms with Crippen LogP contribution in [-0.4, -0.2) is 38.7 Å². The largest absolute Gasteiger partial charge is 0.355 e. The molecule has 0 fully saturated rings. The van der Waals surface area contributed by atoms with Crippen LogP contribution < -0.4 is 5.32 Å². The van der Waals surface area contributed by atoms with Gasteiger partial charge in [-0.1, -0.05) is 6.08 Å². The molecule has 1 aromatic heterocycles. The van der Waals surface area contributed by atoms with E-state index in [1.807, 2.05) is 6.08 Å². The van der Waals surface area contributed by atoms with E-state index in [1.54, 1.807) is 11.8 Å². The molecule has 0 saturated carbocycles. The Morgan fingerprint density at radius 2 is 2.35 bits per heavy atom. The number of fused-ring (bicyclic) bond motifs is 1. The van der Waals surface area contributed by atoms with E-state index in [0.717, 1.165) is 43.2 Å². The molecule has 1 N–H and O–H groups in total. The molecule has 1 aromatic rings. The number of amides is 1. The normalized spacial score (nSPS) is 13.8. The molecule has 20 heavy (non-hydrogen) atoms. The van der Waals surface area contributed by atoms with E-state index in [9.17, 15) is 4.79 Å². The van der Waals surface area contributed by atoms with Gasteiger partial charge in [-0.15, -0.1) is 28.5 Å². The minimum Gasteiger partial charge on any atom is -0.355 e. The van der Waals surface area contributed by atoms with Crippen molar-refractivity contribution < 1.29 is 4.79 Å². The van der Waals surface area contributed by atoms with Gasteiger partial charge in [0.15, 0.2) is 0 Å². The Hall–Kier alpha value is -1.30. The highest BCUT2D eigenvalue weighted by Crippen LogP contribution is 2.14. The number of hydrogen-bond acceptors (Lipinski definition) is 4. The summed E-state index contributed by atoms with van der Waals surface area (Å²) in [6.45, 7) is 5.38. The van der Waals surface area contributed by atoms with Gasteiger partial charge in [-0.2, -0.15) is 0 Å². The van der Waals surface area contributed by atoms with Crippen molar-refractivity contribution in [2.45, 2.75) is 38.6 Å². The number of aryl methyl sites for hydroxylation is 2. The summed E-state index contributed by atoms with van der Waals surface area (Å²) in [5.41, 5.74) is 0. The second-order valence-corrected chi connectivity index (χ2v) is 5.93. The Balaban J connectivity index is 1.65. The molecule has 0 saturated heterocycles. The fraction of sp³-hybridized carbons (Fsp3) is 0.643. The van der Waals surface area contributed by atoms with E-state index in [-0.39, 0.29) is 5.91 Å². The first-order chi connectivity index (χ1) is 9.81. The molecule has 5 nitrogen and oxygen atoms in total. The summed E-state index contributed by atoms with van der Waals surface area (Å²) in [4.78, 5) is 11.5. The Kier molecular flexibility index (Phi) is 6.11. The van der Waals surface area contributed by atoms with Crippen LogP contribution >= 0.6 is 11.8 Å². The fourth-order valence-corrected chi connectivity index (χ4v) is 2.89. The Labute approximate surface area is 124 Å². The third kappa shape index (κ3) is 4.37. The summed E-state index contributed by atoms with van der Waals surface area (Å²) in [6.07, 6.45) is 7.09. The summed E-state index contributed by atoms with van der Waals surface area (Å²) >= 11 is 1.58. The van der Waals surface area contributed by atoms with E-state index in [0.29, 0.717) is 12.3 Å².